The van der Waals surface area contributed by atoms with E-state index in [1.165, 1.54) is 6.07 Å². The van der Waals surface area contributed by atoms with Gasteiger partial charge in [-0.1, -0.05) is 29.5 Å². The van der Waals surface area contributed by atoms with E-state index in [9.17, 15) is 9.50 Å². The molecule has 0 aliphatic heterocycles. The minimum Gasteiger partial charge on any atom is -0.378 e. The summed E-state index contributed by atoms with van der Waals surface area (Å²) in [6.07, 6.45) is 0. The first-order valence-corrected chi connectivity index (χ1v) is 7.41. The fourth-order valence-electron chi connectivity index (χ4n) is 2.15. The van der Waals surface area contributed by atoms with E-state index in [1.807, 2.05) is 12.1 Å². The summed E-state index contributed by atoms with van der Waals surface area (Å²) >= 11 is 6.07. The molecule has 3 rings (SSSR count). The molecule has 0 fully saturated rings. The molecular weight excluding hydrogens is 315 g/mol. The van der Waals surface area contributed by atoms with Crippen LogP contribution in [0, 0.1) is 17.7 Å². The number of halogens is 2. The van der Waals surface area contributed by atoms with E-state index in [0.29, 0.717) is 16.4 Å². The quantitative estimate of drug-likeness (QED) is 0.659. The van der Waals surface area contributed by atoms with Gasteiger partial charge in [-0.2, -0.15) is 0 Å². The van der Waals surface area contributed by atoms with Crippen molar-refractivity contribution >= 4 is 22.6 Å². The normalized spacial score (nSPS) is 11.3. The highest BCUT2D eigenvalue weighted by Gasteiger charge is 2.14. The molecule has 1 aromatic heterocycles. The number of aromatic nitrogens is 2. The lowest BCUT2D eigenvalue weighted by molar-refractivity contribution is 0.143. The number of hydrogen-bond donors (Lipinski definition) is 2. The summed E-state index contributed by atoms with van der Waals surface area (Å²) in [6, 6.07) is 9.92. The molecule has 0 unspecified atom stereocenters. The van der Waals surface area contributed by atoms with E-state index in [4.69, 9.17) is 11.6 Å². The molecule has 0 radical (unpaired) electrons. The number of hydrogen-bond acceptors (Lipinski definition) is 2. The highest BCUT2D eigenvalue weighted by molar-refractivity contribution is 6.33. The van der Waals surface area contributed by atoms with Crippen LogP contribution in [-0.4, -0.2) is 20.7 Å². The van der Waals surface area contributed by atoms with Crippen LogP contribution in [0.1, 0.15) is 19.4 Å². The maximum Gasteiger partial charge on any atom is 0.142 e. The average molecular weight is 329 g/mol. The third-order valence-corrected chi connectivity index (χ3v) is 3.51. The van der Waals surface area contributed by atoms with Gasteiger partial charge in [0.15, 0.2) is 0 Å². The van der Waals surface area contributed by atoms with Crippen molar-refractivity contribution in [2.75, 3.05) is 0 Å². The van der Waals surface area contributed by atoms with Gasteiger partial charge in [-0.3, -0.25) is 0 Å². The van der Waals surface area contributed by atoms with Crippen LogP contribution in [0.15, 0.2) is 36.4 Å². The Morgan fingerprint density at radius 3 is 2.74 bits per heavy atom. The van der Waals surface area contributed by atoms with Crippen LogP contribution in [0.5, 0.6) is 0 Å². The van der Waals surface area contributed by atoms with Gasteiger partial charge >= 0.3 is 0 Å². The Bertz CT molecular complexity index is 925. The average Bonchev–Trinajstić information content (AvgIpc) is 2.86. The minimum absolute atomic E-state index is 0.245. The van der Waals surface area contributed by atoms with Crippen molar-refractivity contribution in [2.45, 2.75) is 19.4 Å². The molecule has 2 N–H and O–H groups in total. The van der Waals surface area contributed by atoms with E-state index >= 15 is 0 Å². The van der Waals surface area contributed by atoms with E-state index in [-0.39, 0.29) is 5.56 Å². The van der Waals surface area contributed by atoms with Crippen molar-refractivity contribution in [1.82, 2.24) is 9.97 Å². The van der Waals surface area contributed by atoms with Gasteiger partial charge in [0.1, 0.15) is 17.2 Å². The van der Waals surface area contributed by atoms with Crippen LogP contribution in [0.25, 0.3) is 22.4 Å². The Morgan fingerprint density at radius 2 is 2.04 bits per heavy atom. The van der Waals surface area contributed by atoms with Crippen LogP contribution >= 0.6 is 11.6 Å². The first-order chi connectivity index (χ1) is 10.8. The number of H-pyrrole nitrogens is 1. The summed E-state index contributed by atoms with van der Waals surface area (Å²) in [5, 5.41) is 9.95. The molecule has 3 nitrogen and oxygen atoms in total. The molecule has 0 atom stereocenters. The Kier molecular flexibility index (Phi) is 3.85. The van der Waals surface area contributed by atoms with Crippen LogP contribution in [0.2, 0.25) is 5.02 Å². The summed E-state index contributed by atoms with van der Waals surface area (Å²) in [5.74, 6) is 5.58. The lowest BCUT2D eigenvalue weighted by Crippen LogP contribution is -2.14. The molecule has 0 bridgehead atoms. The number of aromatic amines is 1. The zero-order chi connectivity index (χ0) is 16.6. The third kappa shape index (κ3) is 3.37. The maximum atomic E-state index is 14.0. The number of rotatable bonds is 1. The van der Waals surface area contributed by atoms with Crippen molar-refractivity contribution in [1.29, 1.82) is 0 Å². The Morgan fingerprint density at radius 1 is 1.26 bits per heavy atom. The van der Waals surface area contributed by atoms with E-state index < -0.39 is 11.4 Å². The fourth-order valence-corrected chi connectivity index (χ4v) is 2.40. The van der Waals surface area contributed by atoms with Crippen molar-refractivity contribution in [3.8, 4) is 23.2 Å². The van der Waals surface area contributed by atoms with Gasteiger partial charge in [0, 0.05) is 5.56 Å². The number of benzene rings is 2. The molecule has 5 heteroatoms. The second-order valence-corrected chi connectivity index (χ2v) is 6.13. The molecule has 0 aliphatic carbocycles. The Labute approximate surface area is 138 Å². The zero-order valence-electron chi connectivity index (χ0n) is 12.6. The van der Waals surface area contributed by atoms with Crippen LogP contribution in [0.4, 0.5) is 4.39 Å². The third-order valence-electron chi connectivity index (χ3n) is 3.20. The molecule has 23 heavy (non-hydrogen) atoms. The van der Waals surface area contributed by atoms with Crippen molar-refractivity contribution in [2.24, 2.45) is 0 Å². The standard InChI is InChI=1S/C18H14ClFN2O/c1-18(2,23)9-8-11-6-7-14-15(10-11)22-17(21-14)16-12(19)4-3-5-13(16)20/h3-7,10,23H,1-2H3,(H,21,22). The van der Waals surface area contributed by atoms with Gasteiger partial charge in [-0.15, -0.1) is 0 Å². The SMILES string of the molecule is CC(C)(O)C#Cc1ccc2[nH]c(-c3c(F)cccc3Cl)nc2c1. The predicted molar refractivity (Wildman–Crippen MR) is 89.7 cm³/mol. The van der Waals surface area contributed by atoms with Crippen LogP contribution < -0.4 is 0 Å². The summed E-state index contributed by atoms with van der Waals surface area (Å²) < 4.78 is 14.0. The van der Waals surface area contributed by atoms with Gasteiger partial charge in [0.25, 0.3) is 0 Å². The predicted octanol–water partition coefficient (Wildman–Crippen LogP) is 4.14. The minimum atomic E-state index is -1.06. The monoisotopic (exact) mass is 328 g/mol. The number of nitrogens with zero attached hydrogens (tertiary/aromatic N) is 1. The van der Waals surface area contributed by atoms with Crippen molar-refractivity contribution in [3.63, 3.8) is 0 Å². The van der Waals surface area contributed by atoms with E-state index in [1.54, 1.807) is 32.0 Å². The molecule has 2 aromatic carbocycles. The first-order valence-electron chi connectivity index (χ1n) is 7.03. The Balaban J connectivity index is 2.08. The molecule has 3 aromatic rings. The van der Waals surface area contributed by atoms with Gasteiger partial charge in [0.2, 0.25) is 0 Å². The van der Waals surface area contributed by atoms with Gasteiger partial charge in [-0.05, 0) is 44.2 Å². The molecule has 1 heterocycles. The molecule has 0 aliphatic rings. The number of nitrogens with one attached hydrogen (secondary N) is 1. The highest BCUT2D eigenvalue weighted by atomic mass is 35.5. The van der Waals surface area contributed by atoms with Crippen molar-refractivity contribution in [3.05, 3.63) is 52.8 Å². The van der Waals surface area contributed by atoms with Crippen molar-refractivity contribution < 1.29 is 9.50 Å². The van der Waals surface area contributed by atoms with Crippen LogP contribution in [0.3, 0.4) is 0 Å². The largest absolute Gasteiger partial charge is 0.378 e. The molecule has 0 amide bonds. The smallest absolute Gasteiger partial charge is 0.142 e. The fraction of sp³-hybridized carbons (Fsp3) is 0.167. The topological polar surface area (TPSA) is 48.9 Å². The van der Waals surface area contributed by atoms with Gasteiger partial charge in [0.05, 0.1) is 21.6 Å². The lowest BCUT2D eigenvalue weighted by atomic mass is 10.1. The second-order valence-electron chi connectivity index (χ2n) is 5.72. The van der Waals surface area contributed by atoms with Gasteiger partial charge < -0.3 is 10.1 Å². The Hall–Kier alpha value is -2.35. The summed E-state index contributed by atoms with van der Waals surface area (Å²) in [6.45, 7) is 3.23. The second kappa shape index (κ2) is 5.69. The van der Waals surface area contributed by atoms with Gasteiger partial charge in [-0.25, -0.2) is 9.37 Å². The lowest BCUT2D eigenvalue weighted by Gasteiger charge is -2.05. The van der Waals surface area contributed by atoms with E-state index in [2.05, 4.69) is 21.8 Å². The summed E-state index contributed by atoms with van der Waals surface area (Å²) in [7, 11) is 0. The van der Waals surface area contributed by atoms with E-state index in [0.717, 1.165) is 11.1 Å². The molecular formula is C18H14ClFN2O. The molecule has 0 saturated carbocycles. The number of imidazole rings is 1. The molecule has 0 saturated heterocycles. The molecule has 0 spiro atoms. The summed E-state index contributed by atoms with van der Waals surface area (Å²) in [5.41, 5.74) is 1.31. The zero-order valence-corrected chi connectivity index (χ0v) is 13.4. The summed E-state index contributed by atoms with van der Waals surface area (Å²) in [4.78, 5) is 7.46. The number of fused-ring (bicyclic) bond motifs is 1. The van der Waals surface area contributed by atoms with Crippen LogP contribution in [-0.2, 0) is 0 Å². The first kappa shape index (κ1) is 15.5. The number of aliphatic hydroxyl groups is 1. The highest BCUT2D eigenvalue weighted by Crippen LogP contribution is 2.30. The maximum absolute atomic E-state index is 14.0. The molecule has 116 valence electrons.